The first-order valence-electron chi connectivity index (χ1n) is 15.3. The summed E-state index contributed by atoms with van der Waals surface area (Å²) in [4.78, 5) is 35.6. The molecule has 3 aromatic heterocycles. The van der Waals surface area contributed by atoms with E-state index in [9.17, 15) is 18.7 Å². The number of rotatable bonds is 11. The first-order chi connectivity index (χ1) is 22.7. The van der Waals surface area contributed by atoms with E-state index in [-0.39, 0.29) is 30.8 Å². The molecule has 13 nitrogen and oxygen atoms in total. The molecule has 0 radical (unpaired) electrons. The Morgan fingerprint density at radius 2 is 1.85 bits per heavy atom. The van der Waals surface area contributed by atoms with Gasteiger partial charge in [0.25, 0.3) is 5.89 Å². The zero-order valence-electron chi connectivity index (χ0n) is 26.5. The molecule has 0 bridgehead atoms. The number of ether oxygens (including phenoxy) is 2. The molecule has 1 amide bonds. The van der Waals surface area contributed by atoms with Crippen LogP contribution in [-0.2, 0) is 16.8 Å². The largest absolute Gasteiger partial charge is 0.497 e. The Morgan fingerprint density at radius 3 is 2.53 bits per heavy atom. The Balaban J connectivity index is 1.26. The molecule has 5 heterocycles. The van der Waals surface area contributed by atoms with Crippen molar-refractivity contribution in [1.29, 1.82) is 0 Å². The molecule has 2 aliphatic rings. The molecule has 1 aromatic carbocycles. The van der Waals surface area contributed by atoms with Crippen LogP contribution in [0.15, 0.2) is 41.2 Å². The number of halogens is 2. The molecule has 1 fully saturated rings. The van der Waals surface area contributed by atoms with Crippen LogP contribution >= 0.6 is 0 Å². The van der Waals surface area contributed by atoms with E-state index in [1.807, 2.05) is 26.0 Å². The third-order valence-corrected chi connectivity index (χ3v) is 8.68. The Bertz CT molecular complexity index is 1760. The molecule has 0 saturated carbocycles. The highest BCUT2D eigenvalue weighted by molar-refractivity contribution is 6.08. The first kappa shape index (κ1) is 32.0. The van der Waals surface area contributed by atoms with E-state index in [2.05, 4.69) is 34.8 Å². The molecule has 15 heteroatoms. The summed E-state index contributed by atoms with van der Waals surface area (Å²) in [5, 5.41) is 16.3. The van der Waals surface area contributed by atoms with Gasteiger partial charge in [0.1, 0.15) is 35.2 Å². The molecule has 2 aliphatic heterocycles. The summed E-state index contributed by atoms with van der Waals surface area (Å²) in [5.41, 5.74) is 2.49. The van der Waals surface area contributed by atoms with Crippen LogP contribution < -0.4 is 24.6 Å². The number of nitrogens with zero attached hydrogens (tertiary/aromatic N) is 7. The predicted octanol–water partition coefficient (Wildman–Crippen LogP) is 4.49. The highest BCUT2D eigenvalue weighted by atomic mass is 19.3. The molecular weight excluding hydrogens is 614 g/mol. The minimum absolute atomic E-state index is 0.00238. The van der Waals surface area contributed by atoms with Crippen LogP contribution in [0, 0.1) is 0 Å². The summed E-state index contributed by atoms with van der Waals surface area (Å²) >= 11 is 0. The third-order valence-electron chi connectivity index (χ3n) is 8.68. The van der Waals surface area contributed by atoms with E-state index in [4.69, 9.17) is 14.5 Å². The van der Waals surface area contributed by atoms with Gasteiger partial charge in [-0.15, -0.1) is 0 Å². The fraction of sp³-hybridized carbons (Fsp3) is 0.438. The van der Waals surface area contributed by atoms with Crippen LogP contribution in [0.5, 0.6) is 11.5 Å². The lowest BCUT2D eigenvalue weighted by atomic mass is 9.86. The number of piperidine rings is 1. The number of benzene rings is 1. The number of carbonyl (C=O) groups is 1. The maximum atomic E-state index is 13.9. The van der Waals surface area contributed by atoms with Crippen LogP contribution in [0.4, 0.5) is 26.1 Å². The number of anilines is 3. The topological polar surface area (TPSA) is 152 Å². The van der Waals surface area contributed by atoms with Gasteiger partial charge >= 0.3 is 6.43 Å². The van der Waals surface area contributed by atoms with E-state index in [1.54, 1.807) is 37.3 Å². The van der Waals surface area contributed by atoms with Crippen molar-refractivity contribution in [3.63, 3.8) is 0 Å². The second kappa shape index (κ2) is 13.1. The first-order valence-corrected chi connectivity index (χ1v) is 15.3. The quantitative estimate of drug-likeness (QED) is 0.235. The van der Waals surface area contributed by atoms with Crippen LogP contribution in [0.1, 0.15) is 61.7 Å². The average Bonchev–Trinajstić information content (AvgIpc) is 3.66. The van der Waals surface area contributed by atoms with Gasteiger partial charge in [0.05, 0.1) is 49.7 Å². The van der Waals surface area contributed by atoms with Crippen molar-refractivity contribution in [2.24, 2.45) is 0 Å². The lowest BCUT2D eigenvalue weighted by Crippen LogP contribution is -2.38. The van der Waals surface area contributed by atoms with E-state index in [0.717, 1.165) is 22.5 Å². The Kier molecular flexibility index (Phi) is 8.90. The van der Waals surface area contributed by atoms with Crippen molar-refractivity contribution in [2.75, 3.05) is 55.6 Å². The van der Waals surface area contributed by atoms with E-state index in [1.165, 1.54) is 6.33 Å². The molecule has 0 spiro atoms. The fourth-order valence-corrected chi connectivity index (χ4v) is 6.25. The number of alkyl halides is 2. The molecule has 248 valence electrons. The summed E-state index contributed by atoms with van der Waals surface area (Å²) in [5.74, 6) is 1.67. The van der Waals surface area contributed by atoms with Crippen molar-refractivity contribution < 1.29 is 32.7 Å². The number of aliphatic hydroxyl groups is 1. The van der Waals surface area contributed by atoms with Crippen LogP contribution in [0.3, 0.4) is 0 Å². The van der Waals surface area contributed by atoms with Gasteiger partial charge in [-0.3, -0.25) is 9.69 Å². The van der Waals surface area contributed by atoms with Crippen molar-refractivity contribution in [1.82, 2.24) is 25.1 Å². The number of aliphatic hydroxyl groups excluding tert-OH is 1. The number of pyridine rings is 1. The average molecular weight is 651 g/mol. The molecular formula is C32H36F2N8O5. The van der Waals surface area contributed by atoms with E-state index >= 15 is 0 Å². The Morgan fingerprint density at radius 1 is 1.09 bits per heavy atom. The van der Waals surface area contributed by atoms with Crippen LogP contribution in [0.25, 0.3) is 11.5 Å². The molecule has 4 aromatic rings. The lowest BCUT2D eigenvalue weighted by Gasteiger charge is -2.35. The smallest absolute Gasteiger partial charge is 0.315 e. The van der Waals surface area contributed by atoms with Crippen molar-refractivity contribution in [2.45, 2.75) is 51.0 Å². The maximum absolute atomic E-state index is 13.9. The second-order valence-corrected chi connectivity index (χ2v) is 11.9. The Hall–Kier alpha value is -4.92. The Labute approximate surface area is 269 Å². The minimum Gasteiger partial charge on any atom is -0.497 e. The number of hydrogen-bond acceptors (Lipinski definition) is 12. The van der Waals surface area contributed by atoms with E-state index < -0.39 is 17.7 Å². The van der Waals surface area contributed by atoms with Crippen molar-refractivity contribution >= 4 is 23.2 Å². The monoisotopic (exact) mass is 650 g/mol. The number of aromatic nitrogens is 5. The summed E-state index contributed by atoms with van der Waals surface area (Å²) < 4.78 is 41.8. The zero-order valence-corrected chi connectivity index (χ0v) is 26.5. The van der Waals surface area contributed by atoms with Gasteiger partial charge in [0, 0.05) is 37.2 Å². The predicted molar refractivity (Wildman–Crippen MR) is 168 cm³/mol. The van der Waals surface area contributed by atoms with Gasteiger partial charge in [0.15, 0.2) is 0 Å². The van der Waals surface area contributed by atoms with Gasteiger partial charge in [-0.1, -0.05) is 5.16 Å². The van der Waals surface area contributed by atoms with Gasteiger partial charge in [-0.25, -0.2) is 15.0 Å². The minimum atomic E-state index is -2.88. The van der Waals surface area contributed by atoms with Gasteiger partial charge in [-0.05, 0) is 51.0 Å². The number of carbonyl (C=O) groups excluding carboxylic acids is 1. The summed E-state index contributed by atoms with van der Waals surface area (Å²) in [7, 11) is 3.17. The normalized spacial score (nSPS) is 16.1. The summed E-state index contributed by atoms with van der Waals surface area (Å²) in [6, 6.07) is 8.92. The lowest BCUT2D eigenvalue weighted by molar-refractivity contribution is -0.122. The number of hydrogen-bond donors (Lipinski definition) is 2. The second-order valence-electron chi connectivity index (χ2n) is 11.9. The fourth-order valence-electron chi connectivity index (χ4n) is 6.25. The molecule has 6 rings (SSSR count). The maximum Gasteiger partial charge on any atom is 0.315 e. The van der Waals surface area contributed by atoms with Crippen LogP contribution in [-0.4, -0.2) is 76.6 Å². The number of amides is 1. The number of fused-ring (bicyclic) bond motifs is 1. The van der Waals surface area contributed by atoms with Crippen molar-refractivity contribution in [3.05, 3.63) is 59.4 Å². The third kappa shape index (κ3) is 6.02. The highest BCUT2D eigenvalue weighted by Crippen LogP contribution is 2.47. The van der Waals surface area contributed by atoms with Gasteiger partial charge in [-0.2, -0.15) is 13.8 Å². The molecule has 47 heavy (non-hydrogen) atoms. The molecule has 0 unspecified atom stereocenters. The van der Waals surface area contributed by atoms with Crippen molar-refractivity contribution in [3.8, 4) is 23.0 Å². The van der Waals surface area contributed by atoms with Gasteiger partial charge in [0.2, 0.25) is 11.7 Å². The molecule has 0 atom stereocenters. The molecule has 2 N–H and O–H groups in total. The number of nitrogens with one attached hydrogen (secondary N) is 1. The zero-order chi connectivity index (χ0) is 33.3. The molecule has 1 saturated heterocycles. The standard InChI is InChI=1S/C32H36F2N8O5/c1-32(2)24-28(36-17-37-29(24)42(31(32)44)16-19-5-6-20(45-3)15-23(19)46-4)41-12-9-18(10-13-41)25-21(35-11-14-43)7-8-22(38-25)27-39-30(26(33)34)47-40-27/h5-8,15,17-18,26,35,43H,9-14,16H2,1-4H3. The SMILES string of the molecule is COc1ccc(CN2C(=O)C(C)(C)c3c(N4CCC(c5nc(-c6noc(C(F)F)n6)ccc5NCCO)CC4)ncnc32)c(OC)c1. The number of methoxy groups -OCH3 is 2. The van der Waals surface area contributed by atoms with E-state index in [0.29, 0.717) is 61.3 Å². The summed E-state index contributed by atoms with van der Waals surface area (Å²) in [6.07, 6.45) is -0.00289. The van der Waals surface area contributed by atoms with Crippen LogP contribution in [0.2, 0.25) is 0 Å². The summed E-state index contributed by atoms with van der Waals surface area (Å²) in [6.45, 7) is 5.54. The molecule has 0 aliphatic carbocycles. The highest BCUT2D eigenvalue weighted by Gasteiger charge is 2.48. The van der Waals surface area contributed by atoms with Gasteiger partial charge < -0.3 is 29.3 Å².